The molecule has 5 heteroatoms. The van der Waals surface area contributed by atoms with Gasteiger partial charge in [-0.3, -0.25) is 0 Å². The van der Waals surface area contributed by atoms with Crippen molar-refractivity contribution in [3.8, 4) is 23.7 Å². The van der Waals surface area contributed by atoms with Crippen molar-refractivity contribution in [2.24, 2.45) is 0 Å². The first-order chi connectivity index (χ1) is 17.4. The van der Waals surface area contributed by atoms with Gasteiger partial charge in [-0.25, -0.2) is 22.0 Å². The van der Waals surface area contributed by atoms with E-state index in [0.717, 1.165) is 30.2 Å². The Morgan fingerprint density at radius 1 is 0.667 bits per heavy atom. The van der Waals surface area contributed by atoms with Gasteiger partial charge in [0.15, 0.2) is 11.6 Å². The molecule has 178 valence electrons. The van der Waals surface area contributed by atoms with Crippen LogP contribution in [0.2, 0.25) is 0 Å². The first kappa shape index (κ1) is 24.8. The fourth-order valence-electron chi connectivity index (χ4n) is 3.61. The van der Waals surface area contributed by atoms with Crippen molar-refractivity contribution < 1.29 is 22.0 Å². The van der Waals surface area contributed by atoms with Crippen LogP contribution in [-0.4, -0.2) is 0 Å². The smallest absolute Gasteiger partial charge is 0.166 e. The van der Waals surface area contributed by atoms with Crippen LogP contribution in [-0.2, 0) is 6.42 Å². The standard InChI is InChI=1S/C31H19F5/c1-2-3-4-5-20-6-10-23(28(33)17-20)11-7-22-18-29(34)26(30(35)19-22)14-9-21-8-13-25-24(16-21)12-15-27(32)31(25)36/h2-3,6,8,10,12-13,15-19H,4-5H2,1H3/b3-2+. The van der Waals surface area contributed by atoms with Gasteiger partial charge < -0.3 is 0 Å². The summed E-state index contributed by atoms with van der Waals surface area (Å²) in [6.07, 6.45) is 5.42. The van der Waals surface area contributed by atoms with Crippen LogP contribution in [0.15, 0.2) is 72.8 Å². The number of benzene rings is 4. The summed E-state index contributed by atoms with van der Waals surface area (Å²) in [7, 11) is 0. The van der Waals surface area contributed by atoms with Gasteiger partial charge >= 0.3 is 0 Å². The predicted molar refractivity (Wildman–Crippen MR) is 132 cm³/mol. The van der Waals surface area contributed by atoms with Crippen LogP contribution >= 0.6 is 0 Å². The lowest BCUT2D eigenvalue weighted by molar-refractivity contribution is 0.517. The second kappa shape index (κ2) is 10.9. The summed E-state index contributed by atoms with van der Waals surface area (Å²) in [6.45, 7) is 1.92. The maximum atomic E-state index is 14.6. The monoisotopic (exact) mass is 486 g/mol. The number of fused-ring (bicyclic) bond motifs is 1. The lowest BCUT2D eigenvalue weighted by Gasteiger charge is -2.02. The van der Waals surface area contributed by atoms with E-state index in [1.54, 1.807) is 12.1 Å². The molecule has 0 aromatic heterocycles. The molecule has 4 aromatic carbocycles. The molecule has 0 atom stereocenters. The molecule has 0 saturated heterocycles. The summed E-state index contributed by atoms with van der Waals surface area (Å²) in [5.41, 5.74) is 0.917. The van der Waals surface area contributed by atoms with E-state index in [2.05, 4.69) is 23.7 Å². The molecule has 0 unspecified atom stereocenters. The van der Waals surface area contributed by atoms with Gasteiger partial charge in [0.1, 0.15) is 17.5 Å². The highest BCUT2D eigenvalue weighted by Crippen LogP contribution is 2.22. The Morgan fingerprint density at radius 2 is 1.42 bits per heavy atom. The molecule has 36 heavy (non-hydrogen) atoms. The third-order valence-electron chi connectivity index (χ3n) is 5.49. The van der Waals surface area contributed by atoms with Gasteiger partial charge in [0.2, 0.25) is 0 Å². The van der Waals surface area contributed by atoms with Crippen LogP contribution < -0.4 is 0 Å². The van der Waals surface area contributed by atoms with Gasteiger partial charge in [-0.15, -0.1) is 0 Å². The van der Waals surface area contributed by atoms with E-state index in [4.69, 9.17) is 0 Å². The molecule has 0 bridgehead atoms. The molecule has 0 aliphatic heterocycles. The molecule has 0 spiro atoms. The van der Waals surface area contributed by atoms with Crippen molar-refractivity contribution in [3.63, 3.8) is 0 Å². The summed E-state index contributed by atoms with van der Waals surface area (Å²) >= 11 is 0. The maximum absolute atomic E-state index is 14.6. The quantitative estimate of drug-likeness (QED) is 0.157. The van der Waals surface area contributed by atoms with Crippen LogP contribution in [0.1, 0.15) is 41.2 Å². The van der Waals surface area contributed by atoms with Crippen LogP contribution in [0.4, 0.5) is 22.0 Å². The number of hydrogen-bond acceptors (Lipinski definition) is 0. The van der Waals surface area contributed by atoms with Crippen molar-refractivity contribution in [2.45, 2.75) is 19.8 Å². The van der Waals surface area contributed by atoms with Crippen molar-refractivity contribution >= 4 is 10.8 Å². The van der Waals surface area contributed by atoms with E-state index in [0.29, 0.717) is 17.4 Å². The van der Waals surface area contributed by atoms with Crippen LogP contribution in [0.5, 0.6) is 0 Å². The molecule has 4 rings (SSSR count). The number of hydrogen-bond donors (Lipinski definition) is 0. The van der Waals surface area contributed by atoms with Crippen LogP contribution in [0, 0.1) is 52.8 Å². The number of aryl methyl sites for hydroxylation is 1. The maximum Gasteiger partial charge on any atom is 0.166 e. The summed E-state index contributed by atoms with van der Waals surface area (Å²) in [5, 5.41) is 0.492. The topological polar surface area (TPSA) is 0 Å². The van der Waals surface area contributed by atoms with Gasteiger partial charge in [-0.05, 0) is 73.2 Å². The molecule has 0 saturated carbocycles. The highest BCUT2D eigenvalue weighted by atomic mass is 19.2. The summed E-state index contributed by atoms with van der Waals surface area (Å²) in [6, 6.07) is 13.5. The first-order valence-electron chi connectivity index (χ1n) is 11.2. The number of rotatable bonds is 3. The minimum atomic E-state index is -0.971. The predicted octanol–water partition coefficient (Wildman–Crippen LogP) is 7.84. The summed E-state index contributed by atoms with van der Waals surface area (Å²) in [4.78, 5) is 0. The van der Waals surface area contributed by atoms with Gasteiger partial charge in [-0.1, -0.05) is 54.0 Å². The van der Waals surface area contributed by atoms with Crippen molar-refractivity contribution in [2.75, 3.05) is 0 Å². The second-order valence-electron chi connectivity index (χ2n) is 8.03. The molecular formula is C31H19F5. The molecule has 0 N–H and O–H groups in total. The van der Waals surface area contributed by atoms with Crippen molar-refractivity contribution in [1.82, 2.24) is 0 Å². The van der Waals surface area contributed by atoms with Gasteiger partial charge in [0, 0.05) is 16.5 Å². The molecule has 0 fully saturated rings. The Bertz CT molecular complexity index is 1580. The highest BCUT2D eigenvalue weighted by Gasteiger charge is 2.10. The Morgan fingerprint density at radius 3 is 2.14 bits per heavy atom. The highest BCUT2D eigenvalue weighted by molar-refractivity contribution is 5.84. The first-order valence-corrected chi connectivity index (χ1v) is 11.2. The third kappa shape index (κ3) is 5.65. The fourth-order valence-corrected chi connectivity index (χ4v) is 3.61. The molecule has 0 nitrogen and oxygen atoms in total. The van der Waals surface area contributed by atoms with Crippen LogP contribution in [0.25, 0.3) is 10.8 Å². The Hall–Kier alpha value is -4.35. The zero-order valence-corrected chi connectivity index (χ0v) is 19.2. The van der Waals surface area contributed by atoms with E-state index in [9.17, 15) is 22.0 Å². The van der Waals surface area contributed by atoms with E-state index in [1.807, 2.05) is 19.1 Å². The van der Waals surface area contributed by atoms with Crippen LogP contribution in [0.3, 0.4) is 0 Å². The summed E-state index contributed by atoms with van der Waals surface area (Å²) < 4.78 is 70.7. The average molecular weight is 486 g/mol. The van der Waals surface area contributed by atoms with Gasteiger partial charge in [0.05, 0.1) is 11.1 Å². The Balaban J connectivity index is 1.56. The van der Waals surface area contributed by atoms with E-state index >= 15 is 0 Å². The zero-order chi connectivity index (χ0) is 25.7. The van der Waals surface area contributed by atoms with Crippen molar-refractivity contribution in [3.05, 3.63) is 130 Å². The largest absolute Gasteiger partial charge is 0.206 e. The van der Waals surface area contributed by atoms with E-state index in [1.165, 1.54) is 30.3 Å². The van der Waals surface area contributed by atoms with Gasteiger partial charge in [-0.2, -0.15) is 0 Å². The Labute approximate surface area is 206 Å². The number of allylic oxidation sites excluding steroid dienone is 2. The lowest BCUT2D eigenvalue weighted by atomic mass is 10.0. The molecule has 0 radical (unpaired) electrons. The normalized spacial score (nSPS) is 10.7. The number of halogens is 5. The van der Waals surface area contributed by atoms with Crippen molar-refractivity contribution in [1.29, 1.82) is 0 Å². The third-order valence-corrected chi connectivity index (χ3v) is 5.49. The lowest BCUT2D eigenvalue weighted by Crippen LogP contribution is -1.93. The molecule has 4 aromatic rings. The fraction of sp³-hybridized carbons (Fsp3) is 0.0968. The minimum Gasteiger partial charge on any atom is -0.206 e. The Kier molecular flexibility index (Phi) is 7.52. The van der Waals surface area contributed by atoms with E-state index in [-0.39, 0.29) is 16.5 Å². The SMILES string of the molecule is C/C=C/CCc1ccc(C#Cc2cc(F)c(C#Cc3ccc4c(F)c(F)ccc4c3)c(F)c2)c(F)c1. The second-order valence-corrected chi connectivity index (χ2v) is 8.03. The average Bonchev–Trinajstić information content (AvgIpc) is 2.85. The molecular weight excluding hydrogens is 467 g/mol. The molecule has 0 amide bonds. The van der Waals surface area contributed by atoms with E-state index < -0.39 is 34.6 Å². The van der Waals surface area contributed by atoms with Gasteiger partial charge in [0.25, 0.3) is 0 Å². The molecule has 0 heterocycles. The zero-order valence-electron chi connectivity index (χ0n) is 19.2. The summed E-state index contributed by atoms with van der Waals surface area (Å²) in [5.74, 6) is 6.03. The molecule has 0 aliphatic rings. The minimum absolute atomic E-state index is 0.0373. The molecule has 0 aliphatic carbocycles.